The third-order valence-corrected chi connectivity index (χ3v) is 3.68. The van der Waals surface area contributed by atoms with Gasteiger partial charge in [0.15, 0.2) is 0 Å². The Bertz CT molecular complexity index is 579. The molecule has 0 radical (unpaired) electrons. The van der Waals surface area contributed by atoms with E-state index in [4.69, 9.17) is 0 Å². The number of carbonyl (C=O) groups excluding carboxylic acids is 1. The molecule has 0 aromatic heterocycles. The average molecular weight is 282 g/mol. The van der Waals surface area contributed by atoms with E-state index in [-0.39, 0.29) is 11.4 Å². The monoisotopic (exact) mass is 282 g/mol. The van der Waals surface area contributed by atoms with Crippen LogP contribution in [0.5, 0.6) is 0 Å². The van der Waals surface area contributed by atoms with Crippen molar-refractivity contribution in [2.75, 3.05) is 18.5 Å². The molecule has 0 atom stereocenters. The summed E-state index contributed by atoms with van der Waals surface area (Å²) in [6.07, 6.45) is 0. The molecule has 0 spiro atoms. The minimum absolute atomic E-state index is 0.0924. The molecule has 1 N–H and O–H groups in total. The minimum atomic E-state index is -0.103. The van der Waals surface area contributed by atoms with Crippen LogP contribution >= 0.6 is 0 Å². The molecular formula is C18H22N2O. The van der Waals surface area contributed by atoms with Crippen LogP contribution in [0.1, 0.15) is 19.4 Å². The molecular weight excluding hydrogens is 260 g/mol. The highest BCUT2D eigenvalue weighted by molar-refractivity contribution is 5.91. The van der Waals surface area contributed by atoms with Gasteiger partial charge in [-0.15, -0.1) is 0 Å². The Labute approximate surface area is 126 Å². The molecule has 110 valence electrons. The summed E-state index contributed by atoms with van der Waals surface area (Å²) >= 11 is 0. The predicted octanol–water partition coefficient (Wildman–Crippen LogP) is 3.81. The summed E-state index contributed by atoms with van der Waals surface area (Å²) in [5.41, 5.74) is 1.99. The van der Waals surface area contributed by atoms with Crippen LogP contribution in [-0.2, 0) is 5.41 Å². The van der Waals surface area contributed by atoms with Crippen molar-refractivity contribution >= 4 is 11.7 Å². The van der Waals surface area contributed by atoms with Gasteiger partial charge in [0.25, 0.3) is 0 Å². The molecule has 0 aliphatic carbocycles. The van der Waals surface area contributed by atoms with Crippen molar-refractivity contribution in [3.05, 3.63) is 66.2 Å². The molecule has 0 saturated carbocycles. The van der Waals surface area contributed by atoms with Crippen LogP contribution in [0.4, 0.5) is 10.5 Å². The molecule has 0 saturated heterocycles. The number of para-hydroxylation sites is 1. The average Bonchev–Trinajstić information content (AvgIpc) is 2.53. The molecule has 0 aliphatic heterocycles. The largest absolute Gasteiger partial charge is 0.337 e. The Morgan fingerprint density at radius 1 is 1.00 bits per heavy atom. The zero-order chi connectivity index (χ0) is 15.3. The fraction of sp³-hybridized carbons (Fsp3) is 0.278. The van der Waals surface area contributed by atoms with Crippen LogP contribution < -0.4 is 10.2 Å². The number of hydrogen-bond acceptors (Lipinski definition) is 1. The normalized spacial score (nSPS) is 11.0. The topological polar surface area (TPSA) is 32.3 Å². The smallest absolute Gasteiger partial charge is 0.321 e. The maximum Gasteiger partial charge on any atom is 0.321 e. The first-order valence-corrected chi connectivity index (χ1v) is 7.13. The van der Waals surface area contributed by atoms with E-state index in [1.165, 1.54) is 5.56 Å². The van der Waals surface area contributed by atoms with Crippen LogP contribution in [0.2, 0.25) is 0 Å². The summed E-state index contributed by atoms with van der Waals surface area (Å²) in [7, 11) is 1.78. The number of benzene rings is 2. The van der Waals surface area contributed by atoms with Crippen molar-refractivity contribution in [3.8, 4) is 0 Å². The van der Waals surface area contributed by atoms with Crippen molar-refractivity contribution in [2.24, 2.45) is 0 Å². The van der Waals surface area contributed by atoms with Gasteiger partial charge in [0.1, 0.15) is 0 Å². The van der Waals surface area contributed by atoms with Gasteiger partial charge < -0.3 is 5.32 Å². The summed E-state index contributed by atoms with van der Waals surface area (Å²) < 4.78 is 0. The highest BCUT2D eigenvalue weighted by Gasteiger charge is 2.22. The standard InChI is InChI=1S/C18H22N2O/c1-18(2,15-10-6-4-7-11-15)14-19-17(21)20(3)16-12-8-5-9-13-16/h4-13H,14H2,1-3H3,(H,19,21). The number of anilines is 1. The lowest BCUT2D eigenvalue weighted by Crippen LogP contribution is -2.43. The summed E-state index contributed by atoms with van der Waals surface area (Å²) in [4.78, 5) is 13.9. The second-order valence-corrected chi connectivity index (χ2v) is 5.80. The van der Waals surface area contributed by atoms with Gasteiger partial charge in [-0.2, -0.15) is 0 Å². The molecule has 0 unspecified atom stereocenters. The first-order valence-electron chi connectivity index (χ1n) is 7.13. The van der Waals surface area contributed by atoms with Crippen molar-refractivity contribution in [3.63, 3.8) is 0 Å². The minimum Gasteiger partial charge on any atom is -0.337 e. The number of hydrogen-bond donors (Lipinski definition) is 1. The zero-order valence-corrected chi connectivity index (χ0v) is 12.8. The number of carbonyl (C=O) groups is 1. The second-order valence-electron chi connectivity index (χ2n) is 5.80. The van der Waals surface area contributed by atoms with E-state index in [2.05, 4.69) is 31.3 Å². The predicted molar refractivity (Wildman–Crippen MR) is 87.7 cm³/mol. The molecule has 3 heteroatoms. The van der Waals surface area contributed by atoms with Crippen molar-refractivity contribution in [1.29, 1.82) is 0 Å². The van der Waals surface area contributed by atoms with Crippen LogP contribution in [0.3, 0.4) is 0 Å². The third-order valence-electron chi connectivity index (χ3n) is 3.68. The lowest BCUT2D eigenvalue weighted by atomic mass is 9.85. The third kappa shape index (κ3) is 3.85. The van der Waals surface area contributed by atoms with Gasteiger partial charge in [0.2, 0.25) is 0 Å². The van der Waals surface area contributed by atoms with E-state index in [1.54, 1.807) is 11.9 Å². The molecule has 3 nitrogen and oxygen atoms in total. The van der Waals surface area contributed by atoms with Crippen LogP contribution in [-0.4, -0.2) is 19.6 Å². The first kappa shape index (κ1) is 15.1. The Morgan fingerprint density at radius 2 is 1.52 bits per heavy atom. The molecule has 2 aromatic rings. The van der Waals surface area contributed by atoms with E-state index in [1.807, 2.05) is 48.5 Å². The number of rotatable bonds is 4. The lowest BCUT2D eigenvalue weighted by Gasteiger charge is -2.27. The summed E-state index contributed by atoms with van der Waals surface area (Å²) in [6.45, 7) is 4.85. The second kappa shape index (κ2) is 6.44. The van der Waals surface area contributed by atoms with E-state index in [0.717, 1.165) is 5.69 Å². The van der Waals surface area contributed by atoms with Gasteiger partial charge in [-0.1, -0.05) is 62.4 Å². The van der Waals surface area contributed by atoms with Gasteiger partial charge in [-0.05, 0) is 17.7 Å². The lowest BCUT2D eigenvalue weighted by molar-refractivity contribution is 0.245. The maximum absolute atomic E-state index is 12.2. The highest BCUT2D eigenvalue weighted by atomic mass is 16.2. The van der Waals surface area contributed by atoms with Gasteiger partial charge in [-0.3, -0.25) is 4.90 Å². The fourth-order valence-electron chi connectivity index (χ4n) is 2.18. The van der Waals surface area contributed by atoms with E-state index >= 15 is 0 Å². The number of nitrogens with zero attached hydrogens (tertiary/aromatic N) is 1. The van der Waals surface area contributed by atoms with Gasteiger partial charge in [-0.25, -0.2) is 4.79 Å². The van der Waals surface area contributed by atoms with E-state index in [0.29, 0.717) is 6.54 Å². The summed E-state index contributed by atoms with van der Waals surface area (Å²) in [5.74, 6) is 0. The number of urea groups is 1. The summed E-state index contributed by atoms with van der Waals surface area (Å²) in [5, 5.41) is 3.01. The highest BCUT2D eigenvalue weighted by Crippen LogP contribution is 2.22. The maximum atomic E-state index is 12.2. The zero-order valence-electron chi connectivity index (χ0n) is 12.8. The molecule has 0 heterocycles. The molecule has 0 bridgehead atoms. The Hall–Kier alpha value is -2.29. The van der Waals surface area contributed by atoms with Gasteiger partial charge in [0.05, 0.1) is 0 Å². The summed E-state index contributed by atoms with van der Waals surface area (Å²) in [6, 6.07) is 19.8. The van der Waals surface area contributed by atoms with Crippen LogP contribution in [0, 0.1) is 0 Å². The van der Waals surface area contributed by atoms with Crippen LogP contribution in [0.15, 0.2) is 60.7 Å². The fourth-order valence-corrected chi connectivity index (χ4v) is 2.18. The Kier molecular flexibility index (Phi) is 4.63. The molecule has 2 rings (SSSR count). The molecule has 0 aliphatic rings. The Morgan fingerprint density at radius 3 is 2.10 bits per heavy atom. The van der Waals surface area contributed by atoms with Gasteiger partial charge >= 0.3 is 6.03 Å². The quantitative estimate of drug-likeness (QED) is 0.908. The first-order chi connectivity index (χ1) is 10.0. The number of amides is 2. The van der Waals surface area contributed by atoms with Crippen molar-refractivity contribution in [2.45, 2.75) is 19.3 Å². The molecule has 0 fully saturated rings. The SMILES string of the molecule is CN(C(=O)NCC(C)(C)c1ccccc1)c1ccccc1. The van der Waals surface area contributed by atoms with Crippen molar-refractivity contribution in [1.82, 2.24) is 5.32 Å². The molecule has 2 amide bonds. The van der Waals surface area contributed by atoms with Crippen molar-refractivity contribution < 1.29 is 4.79 Å². The molecule has 21 heavy (non-hydrogen) atoms. The van der Waals surface area contributed by atoms with E-state index < -0.39 is 0 Å². The Balaban J connectivity index is 1.98. The molecule has 2 aromatic carbocycles. The van der Waals surface area contributed by atoms with Crippen LogP contribution in [0.25, 0.3) is 0 Å². The van der Waals surface area contributed by atoms with Gasteiger partial charge in [0, 0.05) is 24.7 Å². The number of nitrogens with one attached hydrogen (secondary N) is 1. The van der Waals surface area contributed by atoms with E-state index in [9.17, 15) is 4.79 Å².